The van der Waals surface area contributed by atoms with Gasteiger partial charge in [-0.2, -0.15) is 0 Å². The summed E-state index contributed by atoms with van der Waals surface area (Å²) in [4.78, 5) is 11.9. The first-order valence-electron chi connectivity index (χ1n) is 9.87. The predicted octanol–water partition coefficient (Wildman–Crippen LogP) is -0.537. The molecule has 0 aromatic heterocycles. The molecular weight excluding hydrogens is 358 g/mol. The zero-order valence-corrected chi connectivity index (χ0v) is 18.5. The summed E-state index contributed by atoms with van der Waals surface area (Å²) in [6.45, 7) is 13.4. The van der Waals surface area contributed by atoms with Crippen LogP contribution in [0.4, 0.5) is 0 Å². The van der Waals surface area contributed by atoms with E-state index < -0.39 is 0 Å². The van der Waals surface area contributed by atoms with Crippen molar-refractivity contribution in [1.82, 2.24) is 0 Å². The summed E-state index contributed by atoms with van der Waals surface area (Å²) in [6.07, 6.45) is 0.830. The van der Waals surface area contributed by atoms with Gasteiger partial charge in [-0.15, -0.1) is 16.4 Å². The maximum absolute atomic E-state index is 11.9. The van der Waals surface area contributed by atoms with E-state index in [4.69, 9.17) is 39.2 Å². The fourth-order valence-corrected chi connectivity index (χ4v) is 4.43. The van der Waals surface area contributed by atoms with E-state index in [-0.39, 0.29) is 43.6 Å². The van der Waals surface area contributed by atoms with Crippen LogP contribution in [-0.2, 0) is 10.8 Å². The lowest BCUT2D eigenvalue weighted by molar-refractivity contribution is 0.112. The lowest BCUT2D eigenvalue weighted by Crippen LogP contribution is -2.55. The minimum atomic E-state index is -0.113. The van der Waals surface area contributed by atoms with Gasteiger partial charge < -0.3 is 0 Å². The third kappa shape index (κ3) is 2.89. The summed E-state index contributed by atoms with van der Waals surface area (Å²) >= 11 is 0. The molecule has 138 valence electrons. The number of carbonyl (C=O) groups is 1. The second kappa shape index (κ2) is 7.01. The average molecular weight is 379 g/mol. The molecule has 0 amide bonds. The summed E-state index contributed by atoms with van der Waals surface area (Å²) in [5, 5.41) is 0. The molecule has 0 saturated carbocycles. The molecule has 30 heavy (non-hydrogen) atoms. The van der Waals surface area contributed by atoms with Gasteiger partial charge in [-0.3, -0.25) is 4.79 Å². The first-order valence-corrected chi connectivity index (χ1v) is 9.87. The molecule has 0 aliphatic heterocycles. The largest absolute Gasteiger partial charge is 0.298 e. The van der Waals surface area contributed by atoms with Gasteiger partial charge in [0.2, 0.25) is 0 Å². The highest BCUT2D eigenvalue weighted by molar-refractivity contribution is 6.67. The van der Waals surface area contributed by atoms with Crippen molar-refractivity contribution in [1.29, 1.82) is 0 Å². The lowest BCUT2D eigenvalue weighted by Gasteiger charge is -2.44. The Morgan fingerprint density at radius 3 is 1.60 bits per heavy atom. The summed E-state index contributed by atoms with van der Waals surface area (Å²) in [5.41, 5.74) is 4.38. The topological polar surface area (TPSA) is 17.1 Å². The second-order valence-electron chi connectivity index (χ2n) is 9.67. The number of rotatable bonds is 1. The third-order valence-electron chi connectivity index (χ3n) is 7.81. The first-order chi connectivity index (χ1) is 13.7. The smallest absolute Gasteiger partial charge is 0.151 e. The minimum absolute atomic E-state index is 0.0245. The fourth-order valence-electron chi connectivity index (χ4n) is 4.43. The van der Waals surface area contributed by atoms with Crippen LogP contribution in [0, 0.1) is 17.3 Å². The van der Waals surface area contributed by atoms with E-state index in [2.05, 4.69) is 53.4 Å². The second-order valence-corrected chi connectivity index (χ2v) is 9.67. The summed E-state index contributed by atoms with van der Waals surface area (Å²) in [7, 11) is 29.9. The van der Waals surface area contributed by atoms with Gasteiger partial charge in [0.25, 0.3) is 0 Å². The van der Waals surface area contributed by atoms with E-state index in [1.165, 1.54) is 11.1 Å². The number of carbonyl (C=O) groups excluding carboxylic acids is 1. The van der Waals surface area contributed by atoms with Crippen molar-refractivity contribution in [2.24, 2.45) is 5.41 Å². The molecule has 0 N–H and O–H groups in total. The SMILES string of the molecule is [B]c1c([B])c([B])c(C#Cc2cc3c(cc2C=O)C(C)(C)C(C)(C)C3(C)C)c([B])c1[B]. The Balaban J connectivity index is 2.26. The highest BCUT2D eigenvalue weighted by atomic mass is 16.1. The van der Waals surface area contributed by atoms with Crippen LogP contribution in [-0.4, -0.2) is 45.5 Å². The van der Waals surface area contributed by atoms with Gasteiger partial charge in [0.15, 0.2) is 6.29 Å². The van der Waals surface area contributed by atoms with Crippen molar-refractivity contribution in [3.05, 3.63) is 39.9 Å². The Morgan fingerprint density at radius 2 is 1.13 bits per heavy atom. The molecule has 0 atom stereocenters. The van der Waals surface area contributed by atoms with Crippen LogP contribution in [0.1, 0.15) is 74.2 Å². The first kappa shape index (κ1) is 22.7. The maximum Gasteiger partial charge on any atom is 0.151 e. The number of fused-ring (bicyclic) bond motifs is 1. The monoisotopic (exact) mass is 380 g/mol. The van der Waals surface area contributed by atoms with Crippen LogP contribution in [0.15, 0.2) is 12.1 Å². The van der Waals surface area contributed by atoms with E-state index in [1.54, 1.807) is 0 Å². The number of hydrogen-bond donors (Lipinski definition) is 0. The standard InChI is InChI=1S/C24H21B5O/c1-22(2)15-9-12(13(11-30)10-16(15)23(3,4)24(22,5)6)7-8-14-17(25)19(27)21(29)20(28)18(14)26/h9-11H,1-6H3. The molecule has 0 fully saturated rings. The van der Waals surface area contributed by atoms with E-state index in [0.717, 1.165) is 6.29 Å². The Kier molecular flexibility index (Phi) is 5.30. The van der Waals surface area contributed by atoms with Crippen LogP contribution in [0.2, 0.25) is 0 Å². The van der Waals surface area contributed by atoms with Crippen LogP contribution < -0.4 is 27.3 Å². The number of benzene rings is 2. The number of hydrogen-bond acceptors (Lipinski definition) is 1. The molecule has 0 heterocycles. The van der Waals surface area contributed by atoms with Crippen molar-refractivity contribution in [3.63, 3.8) is 0 Å². The molecule has 1 aliphatic carbocycles. The Morgan fingerprint density at radius 1 is 0.700 bits per heavy atom. The van der Waals surface area contributed by atoms with Gasteiger partial charge in [-0.25, -0.2) is 0 Å². The Labute approximate surface area is 187 Å². The predicted molar refractivity (Wildman–Crippen MR) is 131 cm³/mol. The Hall–Kier alpha value is -2.01. The molecule has 10 radical (unpaired) electrons. The molecule has 3 rings (SSSR count). The van der Waals surface area contributed by atoms with Crippen LogP contribution in [0.5, 0.6) is 0 Å². The van der Waals surface area contributed by atoms with Gasteiger partial charge in [0.1, 0.15) is 39.2 Å². The van der Waals surface area contributed by atoms with Crippen molar-refractivity contribution in [3.8, 4) is 11.8 Å². The molecule has 6 heteroatoms. The van der Waals surface area contributed by atoms with Crippen molar-refractivity contribution >= 4 is 72.8 Å². The van der Waals surface area contributed by atoms with Crippen molar-refractivity contribution in [2.45, 2.75) is 52.4 Å². The zero-order chi connectivity index (χ0) is 22.8. The molecule has 0 unspecified atom stereocenters. The summed E-state index contributed by atoms with van der Waals surface area (Å²) in [5.74, 6) is 6.03. The third-order valence-corrected chi connectivity index (χ3v) is 7.81. The van der Waals surface area contributed by atoms with Gasteiger partial charge in [0.05, 0.1) is 0 Å². The molecule has 2 aromatic rings. The number of aldehydes is 1. The van der Waals surface area contributed by atoms with E-state index in [0.29, 0.717) is 16.7 Å². The quantitative estimate of drug-likeness (QED) is 0.370. The fraction of sp³-hybridized carbons (Fsp3) is 0.375. The van der Waals surface area contributed by atoms with Gasteiger partial charge >= 0.3 is 0 Å². The summed E-state index contributed by atoms with van der Waals surface area (Å²) in [6, 6.07) is 3.97. The Bertz CT molecular complexity index is 1120. The van der Waals surface area contributed by atoms with Gasteiger partial charge in [0, 0.05) is 16.7 Å². The highest BCUT2D eigenvalue weighted by Gasteiger charge is 2.56. The van der Waals surface area contributed by atoms with E-state index in [9.17, 15) is 4.79 Å². The molecule has 1 aliphatic rings. The van der Waals surface area contributed by atoms with Gasteiger partial charge in [-0.1, -0.05) is 64.3 Å². The molecule has 0 spiro atoms. The van der Waals surface area contributed by atoms with Crippen LogP contribution in [0.25, 0.3) is 0 Å². The van der Waals surface area contributed by atoms with Crippen molar-refractivity contribution in [2.75, 3.05) is 0 Å². The highest BCUT2D eigenvalue weighted by Crippen LogP contribution is 2.61. The van der Waals surface area contributed by atoms with E-state index in [1.807, 2.05) is 12.1 Å². The summed E-state index contributed by atoms with van der Waals surface area (Å²) < 4.78 is 0. The van der Waals surface area contributed by atoms with Crippen LogP contribution in [0.3, 0.4) is 0 Å². The molecule has 0 bridgehead atoms. The lowest BCUT2D eigenvalue weighted by atomic mass is 9.59. The van der Waals surface area contributed by atoms with E-state index >= 15 is 0 Å². The molecule has 0 saturated heterocycles. The normalized spacial score (nSPS) is 17.7. The van der Waals surface area contributed by atoms with Crippen LogP contribution >= 0.6 is 0 Å². The average Bonchev–Trinajstić information content (AvgIpc) is 2.78. The van der Waals surface area contributed by atoms with Crippen molar-refractivity contribution < 1.29 is 4.79 Å². The molecule has 1 nitrogen and oxygen atoms in total. The zero-order valence-electron chi connectivity index (χ0n) is 18.5. The molecular formula is C24H21B5O. The maximum atomic E-state index is 11.9. The van der Waals surface area contributed by atoms with Gasteiger partial charge in [-0.05, 0) is 39.5 Å². The molecule has 2 aromatic carbocycles. The minimum Gasteiger partial charge on any atom is -0.298 e.